The van der Waals surface area contributed by atoms with E-state index >= 15 is 0 Å². The van der Waals surface area contributed by atoms with Crippen molar-refractivity contribution >= 4 is 11.6 Å². The molecule has 0 aromatic heterocycles. The van der Waals surface area contributed by atoms with Gasteiger partial charge in [0, 0.05) is 11.1 Å². The van der Waals surface area contributed by atoms with Gasteiger partial charge in [-0.15, -0.1) is 0 Å². The predicted molar refractivity (Wildman–Crippen MR) is 61.0 cm³/mol. The lowest BCUT2D eigenvalue weighted by molar-refractivity contribution is 0.492. The van der Waals surface area contributed by atoms with Crippen LogP contribution in [-0.4, -0.2) is 13.1 Å². The van der Waals surface area contributed by atoms with Crippen molar-refractivity contribution in [2.24, 2.45) is 0 Å². The third-order valence-corrected chi connectivity index (χ3v) is 3.53. The van der Waals surface area contributed by atoms with E-state index in [1.165, 1.54) is 24.0 Å². The number of benzene rings is 1. The Labute approximate surface area is 90.5 Å². The van der Waals surface area contributed by atoms with Crippen LogP contribution in [-0.2, 0) is 6.42 Å². The van der Waals surface area contributed by atoms with Crippen LogP contribution in [0.1, 0.15) is 30.4 Å². The Kier molecular flexibility index (Phi) is 2.80. The van der Waals surface area contributed by atoms with Crippen LogP contribution >= 0.6 is 11.6 Å². The minimum Gasteiger partial charge on any atom is -0.317 e. The van der Waals surface area contributed by atoms with E-state index in [1.54, 1.807) is 0 Å². The summed E-state index contributed by atoms with van der Waals surface area (Å²) in [5.41, 5.74) is 2.92. The molecule has 1 aliphatic carbocycles. The average Bonchev–Trinajstić information content (AvgIpc) is 2.59. The van der Waals surface area contributed by atoms with Crippen molar-refractivity contribution in [3.8, 4) is 0 Å². The molecule has 1 N–H and O–H groups in total. The van der Waals surface area contributed by atoms with E-state index in [0.29, 0.717) is 12.0 Å². The third-order valence-electron chi connectivity index (χ3n) is 3.29. The molecular formula is C12H16ClN. The number of aryl methyl sites for hydroxylation is 1. The quantitative estimate of drug-likeness (QED) is 0.790. The molecule has 2 unspecified atom stereocenters. The van der Waals surface area contributed by atoms with E-state index in [9.17, 15) is 0 Å². The predicted octanol–water partition coefficient (Wildman–Crippen LogP) is 2.98. The Bertz CT molecular complexity index is 335. The second-order valence-electron chi connectivity index (χ2n) is 4.07. The summed E-state index contributed by atoms with van der Waals surface area (Å²) in [5.74, 6) is 0.633. The van der Waals surface area contributed by atoms with Crippen LogP contribution in [0, 0.1) is 0 Å². The molecule has 0 bridgehead atoms. The zero-order valence-electron chi connectivity index (χ0n) is 8.68. The fourth-order valence-electron chi connectivity index (χ4n) is 2.33. The first-order valence-electron chi connectivity index (χ1n) is 5.18. The fraction of sp³-hybridized carbons (Fsp3) is 0.500. The van der Waals surface area contributed by atoms with Crippen molar-refractivity contribution in [3.63, 3.8) is 0 Å². The summed E-state index contributed by atoms with van der Waals surface area (Å²) >= 11 is 6.02. The molecule has 0 aliphatic heterocycles. The van der Waals surface area contributed by atoms with Gasteiger partial charge >= 0.3 is 0 Å². The van der Waals surface area contributed by atoms with Crippen LogP contribution in [0.2, 0.25) is 5.02 Å². The Morgan fingerprint density at radius 2 is 2.29 bits per heavy atom. The molecule has 2 heteroatoms. The molecule has 2 rings (SSSR count). The van der Waals surface area contributed by atoms with Gasteiger partial charge in [0.25, 0.3) is 0 Å². The summed E-state index contributed by atoms with van der Waals surface area (Å²) in [5, 5.41) is 4.18. The highest BCUT2D eigenvalue weighted by Crippen LogP contribution is 2.36. The summed E-state index contributed by atoms with van der Waals surface area (Å²) in [6.45, 7) is 2.24. The number of halogens is 1. The van der Waals surface area contributed by atoms with Gasteiger partial charge in [-0.05, 0) is 56.0 Å². The molecular weight excluding hydrogens is 194 g/mol. The Balaban J connectivity index is 2.33. The van der Waals surface area contributed by atoms with Crippen molar-refractivity contribution < 1.29 is 0 Å². The molecule has 1 aromatic carbocycles. The van der Waals surface area contributed by atoms with Crippen molar-refractivity contribution in [1.82, 2.24) is 5.32 Å². The van der Waals surface area contributed by atoms with E-state index in [1.807, 2.05) is 13.1 Å². The Morgan fingerprint density at radius 3 is 3.00 bits per heavy atom. The van der Waals surface area contributed by atoms with E-state index in [-0.39, 0.29) is 0 Å². The van der Waals surface area contributed by atoms with E-state index in [0.717, 1.165) is 5.02 Å². The summed E-state index contributed by atoms with van der Waals surface area (Å²) in [7, 11) is 2.02. The highest BCUT2D eigenvalue weighted by Gasteiger charge is 2.26. The maximum atomic E-state index is 6.02. The molecule has 76 valence electrons. The Hall–Kier alpha value is -0.530. The summed E-state index contributed by atoms with van der Waals surface area (Å²) in [6.07, 6.45) is 2.45. The number of fused-ring (bicyclic) bond motifs is 1. The van der Waals surface area contributed by atoms with Gasteiger partial charge in [-0.2, -0.15) is 0 Å². The maximum Gasteiger partial charge on any atom is 0.0409 e. The lowest BCUT2D eigenvalue weighted by Crippen LogP contribution is -2.27. The average molecular weight is 210 g/mol. The maximum absolute atomic E-state index is 6.02. The number of hydrogen-bond acceptors (Lipinski definition) is 1. The van der Waals surface area contributed by atoms with Gasteiger partial charge in [-0.25, -0.2) is 0 Å². The van der Waals surface area contributed by atoms with Crippen molar-refractivity contribution in [1.29, 1.82) is 0 Å². The molecule has 0 saturated carbocycles. The second-order valence-corrected chi connectivity index (χ2v) is 4.50. The van der Waals surface area contributed by atoms with Gasteiger partial charge < -0.3 is 5.32 Å². The SMILES string of the molecule is CNC(C)C1CCc2ccc(Cl)cc21. The van der Waals surface area contributed by atoms with Crippen LogP contribution in [0.5, 0.6) is 0 Å². The van der Waals surface area contributed by atoms with E-state index in [4.69, 9.17) is 11.6 Å². The van der Waals surface area contributed by atoms with Crippen LogP contribution in [0.15, 0.2) is 18.2 Å². The molecule has 0 heterocycles. The lowest BCUT2D eigenvalue weighted by atomic mass is 9.94. The van der Waals surface area contributed by atoms with Gasteiger partial charge in [-0.1, -0.05) is 17.7 Å². The van der Waals surface area contributed by atoms with Crippen LogP contribution in [0.4, 0.5) is 0 Å². The molecule has 1 aliphatic rings. The normalized spacial score (nSPS) is 22.1. The topological polar surface area (TPSA) is 12.0 Å². The molecule has 1 aromatic rings. The Morgan fingerprint density at radius 1 is 1.50 bits per heavy atom. The molecule has 0 spiro atoms. The van der Waals surface area contributed by atoms with Gasteiger partial charge in [-0.3, -0.25) is 0 Å². The standard InChI is InChI=1S/C12H16ClN/c1-8(14-2)11-6-4-9-3-5-10(13)7-12(9)11/h3,5,7-8,11,14H,4,6H2,1-2H3. The minimum atomic E-state index is 0.537. The van der Waals surface area contributed by atoms with Crippen LogP contribution < -0.4 is 5.32 Å². The monoisotopic (exact) mass is 209 g/mol. The molecule has 0 saturated heterocycles. The first kappa shape index (κ1) is 10.0. The van der Waals surface area contributed by atoms with Crippen molar-refractivity contribution in [2.45, 2.75) is 31.7 Å². The van der Waals surface area contributed by atoms with E-state index in [2.05, 4.69) is 24.4 Å². The number of nitrogens with one attached hydrogen (secondary N) is 1. The highest BCUT2D eigenvalue weighted by molar-refractivity contribution is 6.30. The molecule has 1 nitrogen and oxygen atoms in total. The van der Waals surface area contributed by atoms with Gasteiger partial charge in [0.2, 0.25) is 0 Å². The largest absolute Gasteiger partial charge is 0.317 e. The summed E-state index contributed by atoms with van der Waals surface area (Å²) < 4.78 is 0. The summed E-state index contributed by atoms with van der Waals surface area (Å²) in [4.78, 5) is 0. The first-order valence-corrected chi connectivity index (χ1v) is 5.55. The molecule has 0 radical (unpaired) electrons. The second kappa shape index (κ2) is 3.92. The fourth-order valence-corrected chi connectivity index (χ4v) is 2.51. The molecule has 2 atom stereocenters. The number of hydrogen-bond donors (Lipinski definition) is 1. The molecule has 0 amide bonds. The van der Waals surface area contributed by atoms with Gasteiger partial charge in [0.1, 0.15) is 0 Å². The lowest BCUT2D eigenvalue weighted by Gasteiger charge is -2.19. The zero-order chi connectivity index (χ0) is 10.1. The third kappa shape index (κ3) is 1.67. The van der Waals surface area contributed by atoms with Gasteiger partial charge in [0.15, 0.2) is 0 Å². The van der Waals surface area contributed by atoms with Crippen LogP contribution in [0.25, 0.3) is 0 Å². The first-order chi connectivity index (χ1) is 6.72. The van der Waals surface area contributed by atoms with Crippen LogP contribution in [0.3, 0.4) is 0 Å². The number of likely N-dealkylation sites (N-methyl/N-ethyl adjacent to an activating group) is 1. The van der Waals surface area contributed by atoms with E-state index < -0.39 is 0 Å². The minimum absolute atomic E-state index is 0.537. The smallest absolute Gasteiger partial charge is 0.0409 e. The number of rotatable bonds is 2. The van der Waals surface area contributed by atoms with Gasteiger partial charge in [0.05, 0.1) is 0 Å². The zero-order valence-corrected chi connectivity index (χ0v) is 9.43. The highest BCUT2D eigenvalue weighted by atomic mass is 35.5. The van der Waals surface area contributed by atoms with Crippen molar-refractivity contribution in [2.75, 3.05) is 7.05 Å². The van der Waals surface area contributed by atoms with Crippen molar-refractivity contribution in [3.05, 3.63) is 34.3 Å². The molecule has 0 fully saturated rings. The molecule has 14 heavy (non-hydrogen) atoms. The summed E-state index contributed by atoms with van der Waals surface area (Å²) in [6, 6.07) is 6.82.